The zero-order valence-corrected chi connectivity index (χ0v) is 26.1. The zero-order chi connectivity index (χ0) is 29.7. The summed E-state index contributed by atoms with van der Waals surface area (Å²) in [6.45, 7) is 27.5. The summed E-state index contributed by atoms with van der Waals surface area (Å²) in [5.74, 6) is 1.09. The van der Waals surface area contributed by atoms with Gasteiger partial charge < -0.3 is 14.9 Å². The molecule has 1 aromatic rings. The van der Waals surface area contributed by atoms with Gasteiger partial charge in [0.25, 0.3) is 0 Å². The van der Waals surface area contributed by atoms with Crippen molar-refractivity contribution in [2.75, 3.05) is 7.11 Å². The van der Waals surface area contributed by atoms with Crippen LogP contribution in [0.25, 0.3) is 0 Å². The topological polar surface area (TPSA) is 49.7 Å². The molecule has 0 saturated heterocycles. The molecule has 0 heterocycles. The highest BCUT2D eigenvalue weighted by atomic mass is 16.5. The second-order valence-electron chi connectivity index (χ2n) is 10.9. The Morgan fingerprint density at radius 2 is 1.53 bits per heavy atom. The number of aliphatic hydroxyl groups excluding tert-OH is 2. The molecule has 0 spiro atoms. The highest BCUT2D eigenvalue weighted by Gasteiger charge is 2.37. The van der Waals surface area contributed by atoms with E-state index in [0.29, 0.717) is 12.2 Å². The molecule has 0 saturated carbocycles. The van der Waals surface area contributed by atoms with Gasteiger partial charge in [-0.25, -0.2) is 0 Å². The van der Waals surface area contributed by atoms with Crippen LogP contribution in [0.15, 0.2) is 84.1 Å². The van der Waals surface area contributed by atoms with Gasteiger partial charge in [0.1, 0.15) is 5.76 Å². The summed E-state index contributed by atoms with van der Waals surface area (Å²) in [6, 6.07) is 4.67. The maximum absolute atomic E-state index is 10.8. The number of hydrogen-bond donors (Lipinski definition) is 2. The number of hydrogen-bond acceptors (Lipinski definition) is 3. The monoisotopic (exact) mass is 522 g/mol. The van der Waals surface area contributed by atoms with Crippen molar-refractivity contribution in [3.05, 3.63) is 106 Å². The van der Waals surface area contributed by atoms with Crippen molar-refractivity contribution in [2.24, 2.45) is 0 Å². The quantitative estimate of drug-likeness (QED) is 0.203. The summed E-state index contributed by atoms with van der Waals surface area (Å²) in [6.07, 6.45) is 12.0. The normalized spacial score (nSPS) is 17.4. The molecule has 212 valence electrons. The summed E-state index contributed by atoms with van der Waals surface area (Å²) in [5.41, 5.74) is 8.59. The number of benzene rings is 1. The van der Waals surface area contributed by atoms with Crippen LogP contribution in [0.2, 0.25) is 0 Å². The SMILES string of the molecule is C=C.CC.CCC(=C/C(OC)=C(C)/C(C)=C/C=C(\O)Cc1cc2c(cc1C)C(C)(C)CCC2(C)C)/C=C/O. The van der Waals surface area contributed by atoms with Crippen molar-refractivity contribution in [1.29, 1.82) is 0 Å². The Kier molecular flexibility index (Phi) is 14.9. The van der Waals surface area contributed by atoms with Crippen molar-refractivity contribution in [3.8, 4) is 0 Å². The maximum Gasteiger partial charge on any atom is 0.122 e. The largest absolute Gasteiger partial charge is 0.516 e. The van der Waals surface area contributed by atoms with E-state index in [-0.39, 0.29) is 10.8 Å². The van der Waals surface area contributed by atoms with Crippen LogP contribution in [0, 0.1) is 6.92 Å². The first-order valence-electron chi connectivity index (χ1n) is 13.8. The van der Waals surface area contributed by atoms with Gasteiger partial charge >= 0.3 is 0 Å². The molecule has 0 aliphatic heterocycles. The van der Waals surface area contributed by atoms with Crippen LogP contribution >= 0.6 is 0 Å². The maximum atomic E-state index is 10.8. The lowest BCUT2D eigenvalue weighted by atomic mass is 9.62. The molecule has 3 nitrogen and oxygen atoms in total. The smallest absolute Gasteiger partial charge is 0.122 e. The zero-order valence-electron chi connectivity index (χ0n) is 26.1. The van der Waals surface area contributed by atoms with E-state index in [2.05, 4.69) is 59.9 Å². The second kappa shape index (κ2) is 16.1. The molecule has 38 heavy (non-hydrogen) atoms. The number of ether oxygens (including phenoxy) is 1. The highest BCUT2D eigenvalue weighted by Crippen LogP contribution is 2.46. The van der Waals surface area contributed by atoms with E-state index in [1.54, 1.807) is 19.3 Å². The summed E-state index contributed by atoms with van der Waals surface area (Å²) >= 11 is 0. The predicted molar refractivity (Wildman–Crippen MR) is 167 cm³/mol. The van der Waals surface area contributed by atoms with Gasteiger partial charge in [-0.05, 0) is 108 Å². The average Bonchev–Trinajstić information content (AvgIpc) is 2.90. The Morgan fingerprint density at radius 1 is 1.00 bits per heavy atom. The molecule has 2 rings (SSSR count). The molecule has 0 amide bonds. The summed E-state index contributed by atoms with van der Waals surface area (Å²) in [5, 5.41) is 19.8. The molecule has 1 aliphatic rings. The van der Waals surface area contributed by atoms with Gasteiger partial charge in [-0.1, -0.05) is 66.7 Å². The van der Waals surface area contributed by atoms with Crippen LogP contribution in [-0.2, 0) is 22.0 Å². The minimum Gasteiger partial charge on any atom is -0.516 e. The molecule has 1 aromatic carbocycles. The Balaban J connectivity index is 0.00000326. The molecule has 0 radical (unpaired) electrons. The number of aryl methyl sites for hydroxylation is 1. The van der Waals surface area contributed by atoms with Gasteiger partial charge in [0.15, 0.2) is 0 Å². The van der Waals surface area contributed by atoms with Gasteiger partial charge in [0.05, 0.1) is 19.1 Å². The minimum atomic E-state index is 0.150. The summed E-state index contributed by atoms with van der Waals surface area (Å²) in [7, 11) is 1.65. The summed E-state index contributed by atoms with van der Waals surface area (Å²) in [4.78, 5) is 0. The standard InChI is InChI=1S/C31H44O3.C2H6.C2H4/c1-10-24(13-16-32)18-29(34-9)23(4)21(2)11-12-26(33)19-25-20-28-27(17-22(25)3)30(5,6)14-15-31(28,7)8;2*1-2/h11-13,16-18,20,32-33H,10,14-15,19H2,1-9H3;1-2H3;1-2H2/b16-13+,21-11+,24-18-,26-12-,29-23-;;. The molecule has 0 unspecified atom stereocenters. The number of rotatable bonds is 8. The Hall–Kier alpha value is -2.94. The molecular formula is C35H54O3. The first-order chi connectivity index (χ1) is 17.9. The lowest BCUT2D eigenvalue weighted by Gasteiger charge is -2.42. The number of aliphatic hydroxyl groups is 2. The Bertz CT molecular complexity index is 1060. The predicted octanol–water partition coefficient (Wildman–Crippen LogP) is 10.4. The lowest BCUT2D eigenvalue weighted by molar-refractivity contribution is 0.302. The molecule has 2 N–H and O–H groups in total. The highest BCUT2D eigenvalue weighted by molar-refractivity contribution is 5.48. The Morgan fingerprint density at radius 3 is 2.00 bits per heavy atom. The molecule has 0 atom stereocenters. The van der Waals surface area contributed by atoms with Crippen LogP contribution in [0.5, 0.6) is 0 Å². The van der Waals surface area contributed by atoms with Crippen LogP contribution in [0.1, 0.15) is 104 Å². The minimum absolute atomic E-state index is 0.150. The van der Waals surface area contributed by atoms with Gasteiger partial charge in [-0.3, -0.25) is 0 Å². The van der Waals surface area contributed by atoms with E-state index in [4.69, 9.17) is 9.84 Å². The van der Waals surface area contributed by atoms with E-state index in [1.165, 1.54) is 35.1 Å². The van der Waals surface area contributed by atoms with Crippen LogP contribution in [0.4, 0.5) is 0 Å². The molecule has 0 bridgehead atoms. The van der Waals surface area contributed by atoms with E-state index in [1.807, 2.05) is 46.8 Å². The third kappa shape index (κ3) is 9.42. The van der Waals surface area contributed by atoms with Crippen molar-refractivity contribution in [1.82, 2.24) is 0 Å². The fourth-order valence-electron chi connectivity index (χ4n) is 4.60. The number of fused-ring (bicyclic) bond motifs is 1. The van der Waals surface area contributed by atoms with E-state index >= 15 is 0 Å². The van der Waals surface area contributed by atoms with E-state index < -0.39 is 0 Å². The van der Waals surface area contributed by atoms with Crippen molar-refractivity contribution in [2.45, 2.75) is 106 Å². The first kappa shape index (κ1) is 35.1. The van der Waals surface area contributed by atoms with Crippen molar-refractivity contribution >= 4 is 0 Å². The Labute approximate surface area is 234 Å². The first-order valence-corrected chi connectivity index (χ1v) is 13.8. The van der Waals surface area contributed by atoms with Gasteiger partial charge in [-0.15, -0.1) is 13.2 Å². The van der Waals surface area contributed by atoms with Crippen molar-refractivity contribution < 1.29 is 14.9 Å². The average molecular weight is 523 g/mol. The van der Waals surface area contributed by atoms with Crippen LogP contribution in [0.3, 0.4) is 0 Å². The van der Waals surface area contributed by atoms with E-state index in [9.17, 15) is 5.11 Å². The number of allylic oxidation sites excluding steroid dienone is 8. The molecule has 0 aromatic heterocycles. The van der Waals surface area contributed by atoms with Crippen LogP contribution in [-0.4, -0.2) is 17.3 Å². The lowest BCUT2D eigenvalue weighted by Crippen LogP contribution is -2.34. The second-order valence-corrected chi connectivity index (χ2v) is 10.9. The fraction of sp³-hybridized carbons (Fsp3) is 0.486. The third-order valence-corrected chi connectivity index (χ3v) is 7.40. The molecular weight excluding hydrogens is 468 g/mol. The van der Waals surface area contributed by atoms with Crippen LogP contribution < -0.4 is 0 Å². The summed E-state index contributed by atoms with van der Waals surface area (Å²) < 4.78 is 5.58. The van der Waals surface area contributed by atoms with E-state index in [0.717, 1.165) is 35.2 Å². The third-order valence-electron chi connectivity index (χ3n) is 7.40. The van der Waals surface area contributed by atoms with Gasteiger partial charge in [0, 0.05) is 6.42 Å². The molecule has 3 heteroatoms. The molecule has 1 aliphatic carbocycles. The van der Waals surface area contributed by atoms with Crippen molar-refractivity contribution in [3.63, 3.8) is 0 Å². The van der Waals surface area contributed by atoms with Gasteiger partial charge in [-0.2, -0.15) is 0 Å². The number of methoxy groups -OCH3 is 1. The van der Waals surface area contributed by atoms with Gasteiger partial charge in [0.2, 0.25) is 0 Å². The fourth-order valence-corrected chi connectivity index (χ4v) is 4.60. The molecule has 0 fully saturated rings.